The number of thiophene rings is 1. The van der Waals surface area contributed by atoms with E-state index in [0.29, 0.717) is 11.1 Å². The average molecular weight is 400 g/mol. The average Bonchev–Trinajstić information content (AvgIpc) is 2.76. The second-order valence-electron chi connectivity index (χ2n) is 4.15. The molecule has 0 unspecified atom stereocenters. The Morgan fingerprint density at radius 2 is 2.00 bits per heavy atom. The monoisotopic (exact) mass is 398 g/mol. The van der Waals surface area contributed by atoms with Crippen LogP contribution in [0.2, 0.25) is 4.34 Å². The van der Waals surface area contributed by atoms with Gasteiger partial charge in [0, 0.05) is 10.0 Å². The van der Waals surface area contributed by atoms with Crippen molar-refractivity contribution in [2.24, 2.45) is 0 Å². The summed E-state index contributed by atoms with van der Waals surface area (Å²) in [6, 6.07) is 8.69. The van der Waals surface area contributed by atoms with Gasteiger partial charge in [-0.15, -0.1) is 11.3 Å². The Hall–Kier alpha value is -1.88. The van der Waals surface area contributed by atoms with Crippen molar-refractivity contribution in [3.63, 3.8) is 0 Å². The standard InChI is InChI=1S/C14H8BrClN2O3S/c15-8-3-1-7(2-4-8)10-11(14(20)21)13(22-12(10)16)18-9(19)5-6-17/h1-4H,5H2,(H,18,19)(H,20,21). The van der Waals surface area contributed by atoms with E-state index in [4.69, 9.17) is 16.9 Å². The van der Waals surface area contributed by atoms with E-state index in [1.165, 1.54) is 0 Å². The van der Waals surface area contributed by atoms with Crippen molar-refractivity contribution in [1.82, 2.24) is 0 Å². The number of hydrogen-bond acceptors (Lipinski definition) is 4. The number of benzene rings is 1. The zero-order valence-corrected chi connectivity index (χ0v) is 14.1. The minimum Gasteiger partial charge on any atom is -0.478 e. The first-order valence-electron chi connectivity index (χ1n) is 5.92. The number of carbonyl (C=O) groups excluding carboxylic acids is 1. The third-order valence-corrected chi connectivity index (χ3v) is 4.55. The maximum atomic E-state index is 11.6. The van der Waals surface area contributed by atoms with Crippen LogP contribution in [0.3, 0.4) is 0 Å². The number of aromatic carboxylic acids is 1. The Kier molecular flexibility index (Phi) is 5.19. The Labute approximate surface area is 143 Å². The third-order valence-electron chi connectivity index (χ3n) is 2.70. The zero-order chi connectivity index (χ0) is 16.3. The Morgan fingerprint density at radius 1 is 1.36 bits per heavy atom. The lowest BCUT2D eigenvalue weighted by Crippen LogP contribution is -2.12. The highest BCUT2D eigenvalue weighted by Gasteiger charge is 2.25. The van der Waals surface area contributed by atoms with Gasteiger partial charge in [0.1, 0.15) is 21.3 Å². The molecule has 0 saturated heterocycles. The summed E-state index contributed by atoms with van der Waals surface area (Å²) in [5.41, 5.74) is 0.894. The summed E-state index contributed by atoms with van der Waals surface area (Å²) >= 11 is 10.4. The van der Waals surface area contributed by atoms with Crippen LogP contribution in [0.25, 0.3) is 11.1 Å². The van der Waals surface area contributed by atoms with Crippen LogP contribution in [0.5, 0.6) is 0 Å². The lowest BCUT2D eigenvalue weighted by Gasteiger charge is -2.05. The highest BCUT2D eigenvalue weighted by Crippen LogP contribution is 2.43. The molecule has 22 heavy (non-hydrogen) atoms. The number of hydrogen-bond donors (Lipinski definition) is 2. The second kappa shape index (κ2) is 6.92. The zero-order valence-electron chi connectivity index (χ0n) is 10.9. The molecule has 112 valence electrons. The van der Waals surface area contributed by atoms with Crippen molar-refractivity contribution in [1.29, 1.82) is 5.26 Å². The number of anilines is 1. The molecule has 2 N–H and O–H groups in total. The number of amides is 1. The van der Waals surface area contributed by atoms with Crippen molar-refractivity contribution < 1.29 is 14.7 Å². The largest absolute Gasteiger partial charge is 0.478 e. The minimum absolute atomic E-state index is 0.0800. The molecule has 0 aliphatic rings. The van der Waals surface area contributed by atoms with E-state index in [9.17, 15) is 14.7 Å². The molecule has 1 aromatic carbocycles. The molecule has 0 atom stereocenters. The SMILES string of the molecule is N#CCC(=O)Nc1sc(Cl)c(-c2ccc(Br)cc2)c1C(=O)O. The first-order chi connectivity index (χ1) is 10.4. The highest BCUT2D eigenvalue weighted by molar-refractivity contribution is 9.10. The summed E-state index contributed by atoms with van der Waals surface area (Å²) in [6.07, 6.45) is -0.359. The van der Waals surface area contributed by atoms with Crippen LogP contribution in [-0.4, -0.2) is 17.0 Å². The van der Waals surface area contributed by atoms with Gasteiger partial charge < -0.3 is 10.4 Å². The van der Waals surface area contributed by atoms with E-state index in [0.717, 1.165) is 15.8 Å². The molecule has 0 fully saturated rings. The maximum Gasteiger partial charge on any atom is 0.339 e. The van der Waals surface area contributed by atoms with Gasteiger partial charge in [-0.2, -0.15) is 5.26 Å². The fraction of sp³-hybridized carbons (Fsp3) is 0.0714. The van der Waals surface area contributed by atoms with Crippen LogP contribution in [0.1, 0.15) is 16.8 Å². The van der Waals surface area contributed by atoms with E-state index < -0.39 is 11.9 Å². The fourth-order valence-electron chi connectivity index (χ4n) is 1.81. The number of carboxylic acids is 1. The topological polar surface area (TPSA) is 90.2 Å². The first-order valence-corrected chi connectivity index (χ1v) is 7.91. The second-order valence-corrected chi connectivity index (χ2v) is 6.69. The molecule has 2 rings (SSSR count). The molecule has 1 amide bonds. The smallest absolute Gasteiger partial charge is 0.339 e. The summed E-state index contributed by atoms with van der Waals surface area (Å²) < 4.78 is 1.11. The highest BCUT2D eigenvalue weighted by atomic mass is 79.9. The number of nitrogens with zero attached hydrogens (tertiary/aromatic N) is 1. The molecule has 1 heterocycles. The van der Waals surface area contributed by atoms with Crippen molar-refractivity contribution in [2.45, 2.75) is 6.42 Å². The summed E-state index contributed by atoms with van der Waals surface area (Å²) in [4.78, 5) is 23.1. The van der Waals surface area contributed by atoms with Crippen LogP contribution in [-0.2, 0) is 4.79 Å². The van der Waals surface area contributed by atoms with Gasteiger partial charge in [0.2, 0.25) is 5.91 Å². The molecule has 1 aromatic heterocycles. The summed E-state index contributed by atoms with van der Waals surface area (Å²) in [7, 11) is 0. The Balaban J connectivity index is 2.53. The molecule has 0 bridgehead atoms. The quantitative estimate of drug-likeness (QED) is 0.798. The molecule has 0 saturated carbocycles. The van der Waals surface area contributed by atoms with Gasteiger partial charge in [0.25, 0.3) is 0 Å². The van der Waals surface area contributed by atoms with Crippen LogP contribution >= 0.6 is 38.9 Å². The first kappa shape index (κ1) is 16.5. The number of carbonyl (C=O) groups is 2. The molecular formula is C14H8BrClN2O3S. The predicted molar refractivity (Wildman–Crippen MR) is 88.3 cm³/mol. The molecule has 0 aliphatic heterocycles. The summed E-state index contributed by atoms with van der Waals surface area (Å²) in [5.74, 6) is -1.78. The van der Waals surface area contributed by atoms with E-state index in [1.54, 1.807) is 30.3 Å². The van der Waals surface area contributed by atoms with Crippen molar-refractivity contribution >= 4 is 55.7 Å². The van der Waals surface area contributed by atoms with Crippen molar-refractivity contribution in [3.05, 3.63) is 38.6 Å². The van der Waals surface area contributed by atoms with Gasteiger partial charge in [-0.1, -0.05) is 39.7 Å². The van der Waals surface area contributed by atoms with Gasteiger partial charge in [-0.05, 0) is 17.7 Å². The van der Waals surface area contributed by atoms with E-state index in [1.807, 2.05) is 0 Å². The number of nitrogens with one attached hydrogen (secondary N) is 1. The Morgan fingerprint density at radius 3 is 2.55 bits per heavy atom. The van der Waals surface area contributed by atoms with Gasteiger partial charge in [0.15, 0.2) is 0 Å². The van der Waals surface area contributed by atoms with Crippen LogP contribution < -0.4 is 5.32 Å². The predicted octanol–water partition coefficient (Wildman–Crippen LogP) is 4.38. The minimum atomic E-state index is -1.20. The summed E-state index contributed by atoms with van der Waals surface area (Å²) in [6.45, 7) is 0. The fourth-order valence-corrected chi connectivity index (χ4v) is 3.47. The molecule has 0 radical (unpaired) electrons. The number of nitriles is 1. The summed E-state index contributed by atoms with van der Waals surface area (Å²) in [5, 5.41) is 20.5. The Bertz CT molecular complexity index is 781. The lowest BCUT2D eigenvalue weighted by atomic mass is 10.0. The van der Waals surface area contributed by atoms with E-state index >= 15 is 0 Å². The van der Waals surface area contributed by atoms with Crippen molar-refractivity contribution in [3.8, 4) is 17.2 Å². The lowest BCUT2D eigenvalue weighted by molar-refractivity contribution is -0.115. The molecule has 8 heteroatoms. The van der Waals surface area contributed by atoms with Crippen LogP contribution in [0, 0.1) is 11.3 Å². The molecule has 0 aliphatic carbocycles. The number of rotatable bonds is 4. The molecule has 0 spiro atoms. The molecule has 5 nitrogen and oxygen atoms in total. The number of carboxylic acid groups (broad SMARTS) is 1. The number of halogens is 2. The van der Waals surface area contributed by atoms with E-state index in [2.05, 4.69) is 21.2 Å². The van der Waals surface area contributed by atoms with Gasteiger partial charge in [-0.3, -0.25) is 4.79 Å². The normalized spacial score (nSPS) is 10.0. The van der Waals surface area contributed by atoms with Crippen molar-refractivity contribution in [2.75, 3.05) is 5.32 Å². The van der Waals surface area contributed by atoms with Gasteiger partial charge >= 0.3 is 5.97 Å². The molecular weight excluding hydrogens is 392 g/mol. The maximum absolute atomic E-state index is 11.6. The van der Waals surface area contributed by atoms with Crippen LogP contribution in [0.4, 0.5) is 5.00 Å². The third kappa shape index (κ3) is 3.47. The van der Waals surface area contributed by atoms with Crippen LogP contribution in [0.15, 0.2) is 28.7 Å². The molecule has 2 aromatic rings. The van der Waals surface area contributed by atoms with Gasteiger partial charge in [0.05, 0.1) is 6.07 Å². The van der Waals surface area contributed by atoms with Gasteiger partial charge in [-0.25, -0.2) is 4.79 Å². The van der Waals surface area contributed by atoms with E-state index in [-0.39, 0.29) is 21.3 Å².